The molecule has 3 rings (SSSR count). The molecule has 0 bridgehead atoms. The highest BCUT2D eigenvalue weighted by Crippen LogP contribution is 2.26. The number of hydrogen-bond donors (Lipinski definition) is 0. The quantitative estimate of drug-likeness (QED) is 0.519. The van der Waals surface area contributed by atoms with Crippen LogP contribution in [0, 0.1) is 5.82 Å². The molecule has 0 spiro atoms. The number of benzene rings is 2. The molecular formula is C22H24ClFN2O6S. The Hall–Kier alpha value is -2.69. The molecule has 2 aromatic carbocycles. The highest BCUT2D eigenvalue weighted by molar-refractivity contribution is 7.89. The number of carbonyl (C=O) groups is 2. The molecule has 33 heavy (non-hydrogen) atoms. The van der Waals surface area contributed by atoms with Crippen molar-refractivity contribution < 1.29 is 31.9 Å². The van der Waals surface area contributed by atoms with Crippen molar-refractivity contribution in [3.8, 4) is 5.75 Å². The lowest BCUT2D eigenvalue weighted by Crippen LogP contribution is -2.31. The first kappa shape index (κ1) is 24.9. The van der Waals surface area contributed by atoms with E-state index < -0.39 is 34.3 Å². The SMILES string of the molecule is COc1ccc(CN(C)C(=O)COC(=O)c2cc(S(=O)(=O)N3CCCC3)ccc2Cl)cc1F. The van der Waals surface area contributed by atoms with E-state index in [1.54, 1.807) is 6.07 Å². The molecular weight excluding hydrogens is 475 g/mol. The van der Waals surface area contributed by atoms with Crippen LogP contribution in [-0.2, 0) is 26.1 Å². The van der Waals surface area contributed by atoms with Crippen molar-refractivity contribution in [3.63, 3.8) is 0 Å². The maximum Gasteiger partial charge on any atom is 0.340 e. The van der Waals surface area contributed by atoms with E-state index in [1.165, 1.54) is 47.6 Å². The fourth-order valence-electron chi connectivity index (χ4n) is 3.38. The summed E-state index contributed by atoms with van der Waals surface area (Å²) in [4.78, 5) is 26.1. The van der Waals surface area contributed by atoms with Gasteiger partial charge >= 0.3 is 5.97 Å². The van der Waals surface area contributed by atoms with E-state index in [4.69, 9.17) is 21.1 Å². The molecule has 1 fully saturated rings. The first-order chi connectivity index (χ1) is 15.6. The van der Waals surface area contributed by atoms with Crippen LogP contribution in [0.15, 0.2) is 41.3 Å². The van der Waals surface area contributed by atoms with E-state index >= 15 is 0 Å². The number of methoxy groups -OCH3 is 1. The fraction of sp³-hybridized carbons (Fsp3) is 0.364. The zero-order chi connectivity index (χ0) is 24.2. The molecule has 0 saturated carbocycles. The Morgan fingerprint density at radius 2 is 1.85 bits per heavy atom. The van der Waals surface area contributed by atoms with Gasteiger partial charge in [0.05, 0.1) is 22.6 Å². The van der Waals surface area contributed by atoms with E-state index in [2.05, 4.69) is 0 Å². The van der Waals surface area contributed by atoms with Crippen molar-refractivity contribution in [2.24, 2.45) is 0 Å². The zero-order valence-corrected chi connectivity index (χ0v) is 19.8. The summed E-state index contributed by atoms with van der Waals surface area (Å²) in [6.07, 6.45) is 1.56. The summed E-state index contributed by atoms with van der Waals surface area (Å²) in [6, 6.07) is 8.12. The number of amides is 1. The minimum absolute atomic E-state index is 0.00915. The van der Waals surface area contributed by atoms with Gasteiger partial charge in [-0.05, 0) is 48.7 Å². The predicted molar refractivity (Wildman–Crippen MR) is 119 cm³/mol. The van der Waals surface area contributed by atoms with Crippen LogP contribution in [0.25, 0.3) is 0 Å². The smallest absolute Gasteiger partial charge is 0.340 e. The lowest BCUT2D eigenvalue weighted by atomic mass is 10.2. The minimum Gasteiger partial charge on any atom is -0.494 e. The summed E-state index contributed by atoms with van der Waals surface area (Å²) in [6.45, 7) is 0.336. The largest absolute Gasteiger partial charge is 0.494 e. The third-order valence-corrected chi connectivity index (χ3v) is 7.47. The molecule has 0 aromatic heterocycles. The second-order valence-corrected chi connectivity index (χ2v) is 9.89. The molecule has 1 amide bonds. The summed E-state index contributed by atoms with van der Waals surface area (Å²) in [7, 11) is -0.913. The van der Waals surface area contributed by atoms with Gasteiger partial charge in [-0.2, -0.15) is 4.31 Å². The Kier molecular flexibility index (Phi) is 7.93. The zero-order valence-electron chi connectivity index (χ0n) is 18.2. The molecule has 0 radical (unpaired) electrons. The summed E-state index contributed by atoms with van der Waals surface area (Å²) in [5.74, 6) is -1.92. The van der Waals surface area contributed by atoms with Crippen molar-refractivity contribution in [2.45, 2.75) is 24.3 Å². The third-order valence-electron chi connectivity index (χ3n) is 5.25. The molecule has 1 aliphatic rings. The number of carbonyl (C=O) groups excluding carboxylic acids is 2. The number of halogens is 2. The van der Waals surface area contributed by atoms with Crippen LogP contribution in [-0.4, -0.2) is 63.4 Å². The molecule has 0 N–H and O–H groups in total. The van der Waals surface area contributed by atoms with Crippen molar-refractivity contribution in [3.05, 3.63) is 58.4 Å². The summed E-state index contributed by atoms with van der Waals surface area (Å²) in [5.41, 5.74) is 0.378. The van der Waals surface area contributed by atoms with Crippen molar-refractivity contribution in [1.29, 1.82) is 0 Å². The average Bonchev–Trinajstić information content (AvgIpc) is 3.33. The molecule has 8 nitrogen and oxygen atoms in total. The molecule has 2 aromatic rings. The Morgan fingerprint density at radius 1 is 1.15 bits per heavy atom. The van der Waals surface area contributed by atoms with Crippen LogP contribution < -0.4 is 4.74 Å². The standard InChI is InChI=1S/C22H24ClFN2O6S/c1-25(13-15-5-8-20(31-2)19(24)11-15)21(27)14-32-22(28)17-12-16(6-7-18(17)23)33(29,30)26-9-3-4-10-26/h5-8,11-12H,3-4,9-10,13-14H2,1-2H3. The summed E-state index contributed by atoms with van der Waals surface area (Å²) in [5, 5.41) is 0.00915. The Labute approximate surface area is 196 Å². The van der Waals surface area contributed by atoms with Gasteiger partial charge in [-0.15, -0.1) is 0 Å². The van der Waals surface area contributed by atoms with E-state index in [9.17, 15) is 22.4 Å². The number of ether oxygens (including phenoxy) is 2. The second-order valence-electron chi connectivity index (χ2n) is 7.55. The van der Waals surface area contributed by atoms with Gasteiger partial charge in [-0.3, -0.25) is 4.79 Å². The summed E-state index contributed by atoms with van der Waals surface area (Å²) >= 11 is 6.08. The van der Waals surface area contributed by atoms with Crippen molar-refractivity contribution in [2.75, 3.05) is 33.9 Å². The number of likely N-dealkylation sites (N-methyl/N-ethyl adjacent to an activating group) is 1. The number of nitrogens with zero attached hydrogens (tertiary/aromatic N) is 2. The Bertz CT molecular complexity index is 1150. The first-order valence-electron chi connectivity index (χ1n) is 10.2. The fourth-order valence-corrected chi connectivity index (χ4v) is 5.12. The normalized spacial score (nSPS) is 14.2. The topological polar surface area (TPSA) is 93.2 Å². The van der Waals surface area contributed by atoms with Crippen LogP contribution in [0.4, 0.5) is 4.39 Å². The van der Waals surface area contributed by atoms with E-state index in [1.807, 2.05) is 0 Å². The molecule has 1 saturated heterocycles. The van der Waals surface area contributed by atoms with Crippen LogP contribution in [0.3, 0.4) is 0 Å². The number of hydrogen-bond acceptors (Lipinski definition) is 6. The van der Waals surface area contributed by atoms with Gasteiger partial charge in [-0.1, -0.05) is 17.7 Å². The number of esters is 1. The van der Waals surface area contributed by atoms with E-state index in [0.29, 0.717) is 18.7 Å². The maximum absolute atomic E-state index is 13.8. The van der Waals surface area contributed by atoms with Gasteiger partial charge in [0.25, 0.3) is 5.91 Å². The molecule has 11 heteroatoms. The van der Waals surface area contributed by atoms with E-state index in [-0.39, 0.29) is 27.8 Å². The van der Waals surface area contributed by atoms with Crippen LogP contribution in [0.1, 0.15) is 28.8 Å². The number of rotatable bonds is 8. The van der Waals surface area contributed by atoms with Gasteiger partial charge in [0.2, 0.25) is 10.0 Å². The molecule has 1 aliphatic heterocycles. The van der Waals surface area contributed by atoms with Gasteiger partial charge in [0.15, 0.2) is 18.2 Å². The Balaban J connectivity index is 1.64. The predicted octanol–water partition coefficient (Wildman–Crippen LogP) is 3.09. The maximum atomic E-state index is 13.8. The monoisotopic (exact) mass is 498 g/mol. The van der Waals surface area contributed by atoms with Crippen molar-refractivity contribution in [1.82, 2.24) is 9.21 Å². The molecule has 0 unspecified atom stereocenters. The lowest BCUT2D eigenvalue weighted by molar-refractivity contribution is -0.133. The van der Waals surface area contributed by atoms with E-state index in [0.717, 1.165) is 18.9 Å². The Morgan fingerprint density at radius 3 is 2.48 bits per heavy atom. The molecule has 0 atom stereocenters. The average molecular weight is 499 g/mol. The van der Waals surface area contributed by atoms with Crippen molar-refractivity contribution >= 4 is 33.5 Å². The van der Waals surface area contributed by atoms with Gasteiger partial charge in [0, 0.05) is 26.7 Å². The minimum atomic E-state index is -3.75. The van der Waals surface area contributed by atoms with Crippen LogP contribution >= 0.6 is 11.6 Å². The second kappa shape index (κ2) is 10.5. The number of sulfonamides is 1. The molecule has 178 valence electrons. The van der Waals surface area contributed by atoms with Gasteiger partial charge in [0.1, 0.15) is 0 Å². The lowest BCUT2D eigenvalue weighted by Gasteiger charge is -2.18. The van der Waals surface area contributed by atoms with Crippen LogP contribution in [0.2, 0.25) is 5.02 Å². The summed E-state index contributed by atoms with van der Waals surface area (Å²) < 4.78 is 50.6. The van der Waals surface area contributed by atoms with Gasteiger partial charge < -0.3 is 14.4 Å². The third kappa shape index (κ3) is 5.82. The van der Waals surface area contributed by atoms with Crippen LogP contribution in [0.5, 0.6) is 5.75 Å². The molecule has 0 aliphatic carbocycles. The highest BCUT2D eigenvalue weighted by atomic mass is 35.5. The highest BCUT2D eigenvalue weighted by Gasteiger charge is 2.28. The van der Waals surface area contributed by atoms with Gasteiger partial charge in [-0.25, -0.2) is 17.6 Å². The first-order valence-corrected chi connectivity index (χ1v) is 12.0. The molecule has 1 heterocycles.